The van der Waals surface area contributed by atoms with Gasteiger partial charge in [-0.1, -0.05) is 91.0 Å². The molecule has 4 rings (SSSR count). The SMILES string of the molecule is C/C=C/C=N\N=C1/c2ccccc2C(=O)[C@@H]1C(=O)C(c1ccccc1)c1ccccc1. The van der Waals surface area contributed by atoms with Crippen molar-refractivity contribution in [3.05, 3.63) is 119 Å². The maximum Gasteiger partial charge on any atom is 0.180 e. The fourth-order valence-electron chi connectivity index (χ4n) is 3.93. The maximum absolute atomic E-state index is 14.0. The van der Waals surface area contributed by atoms with Crippen molar-refractivity contribution in [2.24, 2.45) is 16.1 Å². The quantitative estimate of drug-likeness (QED) is 0.319. The van der Waals surface area contributed by atoms with Crippen LogP contribution in [0.15, 0.2) is 107 Å². The first-order valence-electron chi connectivity index (χ1n) is 10.2. The van der Waals surface area contributed by atoms with Crippen molar-refractivity contribution in [3.63, 3.8) is 0 Å². The van der Waals surface area contributed by atoms with Gasteiger partial charge in [-0.2, -0.15) is 10.2 Å². The molecular formula is C27H22N2O2. The Hall–Kier alpha value is -3.92. The Morgan fingerprint density at radius 1 is 0.839 bits per heavy atom. The molecule has 0 fully saturated rings. The molecule has 0 spiro atoms. The Labute approximate surface area is 181 Å². The van der Waals surface area contributed by atoms with Crippen LogP contribution in [0, 0.1) is 5.92 Å². The van der Waals surface area contributed by atoms with E-state index in [1.807, 2.05) is 85.8 Å². The summed E-state index contributed by atoms with van der Waals surface area (Å²) in [6.45, 7) is 1.88. The summed E-state index contributed by atoms with van der Waals surface area (Å²) in [5.74, 6) is -1.99. The molecule has 0 heterocycles. The van der Waals surface area contributed by atoms with Crippen molar-refractivity contribution < 1.29 is 9.59 Å². The molecule has 0 unspecified atom stereocenters. The van der Waals surface area contributed by atoms with Gasteiger partial charge < -0.3 is 0 Å². The van der Waals surface area contributed by atoms with E-state index < -0.39 is 11.8 Å². The zero-order valence-electron chi connectivity index (χ0n) is 17.2. The average molecular weight is 406 g/mol. The number of carbonyl (C=O) groups is 2. The number of nitrogens with zero attached hydrogens (tertiary/aromatic N) is 2. The van der Waals surface area contributed by atoms with Gasteiger partial charge >= 0.3 is 0 Å². The molecule has 0 amide bonds. The zero-order valence-corrected chi connectivity index (χ0v) is 17.2. The minimum absolute atomic E-state index is 0.196. The van der Waals surface area contributed by atoms with E-state index in [0.717, 1.165) is 11.1 Å². The fraction of sp³-hybridized carbons (Fsp3) is 0.111. The molecule has 4 nitrogen and oxygen atoms in total. The molecule has 1 aliphatic rings. The van der Waals surface area contributed by atoms with Crippen LogP contribution < -0.4 is 0 Å². The van der Waals surface area contributed by atoms with Gasteiger partial charge in [0.05, 0.1) is 11.6 Å². The highest BCUT2D eigenvalue weighted by atomic mass is 16.2. The number of Topliss-reactive ketones (excluding diaryl/α,β-unsaturated/α-hetero) is 2. The highest BCUT2D eigenvalue weighted by molar-refractivity contribution is 6.38. The van der Waals surface area contributed by atoms with Crippen LogP contribution in [0.3, 0.4) is 0 Å². The summed E-state index contributed by atoms with van der Waals surface area (Å²) in [4.78, 5) is 27.3. The molecular weight excluding hydrogens is 384 g/mol. The van der Waals surface area contributed by atoms with Gasteiger partial charge in [-0.05, 0) is 24.1 Å². The molecule has 0 bridgehead atoms. The second kappa shape index (κ2) is 9.26. The van der Waals surface area contributed by atoms with E-state index in [1.165, 1.54) is 0 Å². The summed E-state index contributed by atoms with van der Waals surface area (Å²) in [6, 6.07) is 26.3. The lowest BCUT2D eigenvalue weighted by Gasteiger charge is -2.20. The number of hydrogen-bond donors (Lipinski definition) is 0. The predicted octanol–water partition coefficient (Wildman–Crippen LogP) is 5.25. The lowest BCUT2D eigenvalue weighted by molar-refractivity contribution is -0.120. The van der Waals surface area contributed by atoms with Gasteiger partial charge in [0.1, 0.15) is 5.92 Å². The molecule has 0 radical (unpaired) electrons. The molecule has 152 valence electrons. The first kappa shape index (κ1) is 20.4. The van der Waals surface area contributed by atoms with Gasteiger partial charge in [0.15, 0.2) is 11.6 Å². The van der Waals surface area contributed by atoms with Gasteiger partial charge in [-0.25, -0.2) is 0 Å². The molecule has 1 atom stereocenters. The van der Waals surface area contributed by atoms with Crippen LogP contribution in [0.25, 0.3) is 0 Å². The van der Waals surface area contributed by atoms with Crippen LogP contribution in [0.1, 0.15) is 39.9 Å². The predicted molar refractivity (Wildman–Crippen MR) is 124 cm³/mol. The Morgan fingerprint density at radius 2 is 1.39 bits per heavy atom. The number of carbonyl (C=O) groups excluding carboxylic acids is 2. The van der Waals surface area contributed by atoms with E-state index in [1.54, 1.807) is 24.4 Å². The van der Waals surface area contributed by atoms with Gasteiger partial charge in [-0.3, -0.25) is 9.59 Å². The summed E-state index contributed by atoms with van der Waals surface area (Å²) in [6.07, 6.45) is 5.13. The number of benzene rings is 3. The second-order valence-corrected chi connectivity index (χ2v) is 7.28. The average Bonchev–Trinajstić information content (AvgIpc) is 3.10. The number of allylic oxidation sites excluding steroid dienone is 2. The van der Waals surface area contributed by atoms with E-state index in [2.05, 4.69) is 10.2 Å². The lowest BCUT2D eigenvalue weighted by Crippen LogP contribution is -2.31. The number of ketones is 2. The third-order valence-electron chi connectivity index (χ3n) is 5.35. The van der Waals surface area contributed by atoms with Crippen LogP contribution in [-0.2, 0) is 4.79 Å². The Balaban J connectivity index is 1.83. The summed E-state index contributed by atoms with van der Waals surface area (Å²) in [5.41, 5.74) is 3.28. The van der Waals surface area contributed by atoms with Gasteiger partial charge in [0.2, 0.25) is 0 Å². The van der Waals surface area contributed by atoms with Gasteiger partial charge in [-0.15, -0.1) is 0 Å². The zero-order chi connectivity index (χ0) is 21.6. The van der Waals surface area contributed by atoms with E-state index in [0.29, 0.717) is 16.8 Å². The first-order chi connectivity index (χ1) is 15.2. The van der Waals surface area contributed by atoms with Crippen LogP contribution in [-0.4, -0.2) is 23.5 Å². The van der Waals surface area contributed by atoms with Crippen molar-refractivity contribution in [2.45, 2.75) is 12.8 Å². The maximum atomic E-state index is 14.0. The molecule has 0 saturated heterocycles. The molecule has 4 heteroatoms. The molecule has 0 N–H and O–H groups in total. The molecule has 0 aromatic heterocycles. The van der Waals surface area contributed by atoms with Crippen LogP contribution >= 0.6 is 0 Å². The molecule has 0 aliphatic heterocycles. The topological polar surface area (TPSA) is 58.9 Å². The Morgan fingerprint density at radius 3 is 1.97 bits per heavy atom. The number of rotatable bonds is 6. The molecule has 0 saturated carbocycles. The van der Waals surface area contributed by atoms with E-state index in [-0.39, 0.29) is 11.6 Å². The monoisotopic (exact) mass is 406 g/mol. The molecule has 31 heavy (non-hydrogen) atoms. The van der Waals surface area contributed by atoms with Crippen molar-refractivity contribution in [3.8, 4) is 0 Å². The standard InChI is InChI=1S/C27H22N2O2/c1-2-3-18-28-29-25-21-16-10-11-17-22(21)26(30)24(25)27(31)23(19-12-6-4-7-13-19)20-14-8-5-9-15-20/h2-18,23-24H,1H3/b3-2+,28-18-,29-25+/t24-/m1/s1. The summed E-state index contributed by atoms with van der Waals surface area (Å²) in [5, 5.41) is 8.40. The van der Waals surface area contributed by atoms with E-state index >= 15 is 0 Å². The largest absolute Gasteiger partial charge is 0.297 e. The van der Waals surface area contributed by atoms with Crippen molar-refractivity contribution in [1.82, 2.24) is 0 Å². The molecule has 3 aromatic carbocycles. The lowest BCUT2D eigenvalue weighted by atomic mass is 9.80. The van der Waals surface area contributed by atoms with Crippen molar-refractivity contribution >= 4 is 23.5 Å². The summed E-state index contributed by atoms with van der Waals surface area (Å²) >= 11 is 0. The first-order valence-corrected chi connectivity index (χ1v) is 10.2. The van der Waals surface area contributed by atoms with Gasteiger partial charge in [0.25, 0.3) is 0 Å². The summed E-state index contributed by atoms with van der Waals surface area (Å²) < 4.78 is 0. The fourth-order valence-corrected chi connectivity index (χ4v) is 3.93. The van der Waals surface area contributed by atoms with E-state index in [4.69, 9.17) is 0 Å². The third kappa shape index (κ3) is 4.05. The second-order valence-electron chi connectivity index (χ2n) is 7.28. The summed E-state index contributed by atoms with van der Waals surface area (Å²) in [7, 11) is 0. The Kier molecular flexibility index (Phi) is 6.08. The van der Waals surface area contributed by atoms with Gasteiger partial charge in [0, 0.05) is 17.3 Å². The number of fused-ring (bicyclic) bond motifs is 1. The third-order valence-corrected chi connectivity index (χ3v) is 5.35. The van der Waals surface area contributed by atoms with E-state index in [9.17, 15) is 9.59 Å². The minimum atomic E-state index is -0.995. The smallest absolute Gasteiger partial charge is 0.180 e. The van der Waals surface area contributed by atoms with Crippen molar-refractivity contribution in [1.29, 1.82) is 0 Å². The van der Waals surface area contributed by atoms with Crippen molar-refractivity contribution in [2.75, 3.05) is 0 Å². The Bertz CT molecular complexity index is 1140. The van der Waals surface area contributed by atoms with Crippen LogP contribution in [0.2, 0.25) is 0 Å². The van der Waals surface area contributed by atoms with Crippen LogP contribution in [0.4, 0.5) is 0 Å². The molecule has 1 aliphatic carbocycles. The minimum Gasteiger partial charge on any atom is -0.297 e. The highest BCUT2D eigenvalue weighted by Gasteiger charge is 2.44. The van der Waals surface area contributed by atoms with Crippen LogP contribution in [0.5, 0.6) is 0 Å². The normalized spacial score (nSPS) is 17.2. The highest BCUT2D eigenvalue weighted by Crippen LogP contribution is 2.35. The number of hydrogen-bond acceptors (Lipinski definition) is 4. The molecule has 3 aromatic rings.